The first kappa shape index (κ1) is 25.7. The lowest BCUT2D eigenvalue weighted by molar-refractivity contribution is 0.597. The van der Waals surface area contributed by atoms with E-state index >= 15 is 0 Å². The number of nitrogens with zero attached hydrogens (tertiary/aromatic N) is 2. The van der Waals surface area contributed by atoms with Crippen LogP contribution in [0.2, 0.25) is 0 Å². The molecule has 0 aliphatic heterocycles. The number of benzene rings is 4. The third-order valence-electron chi connectivity index (χ3n) is 6.54. The van der Waals surface area contributed by atoms with Crippen LogP contribution in [0.25, 0.3) is 22.6 Å². The second-order valence-corrected chi connectivity index (χ2v) is 9.33. The predicted octanol–water partition coefficient (Wildman–Crippen LogP) is 6.51. The van der Waals surface area contributed by atoms with Crippen LogP contribution in [0.15, 0.2) is 136 Å². The van der Waals surface area contributed by atoms with E-state index in [1.54, 1.807) is 0 Å². The molecule has 0 spiro atoms. The van der Waals surface area contributed by atoms with Gasteiger partial charge in [-0.15, -0.1) is 0 Å². The summed E-state index contributed by atoms with van der Waals surface area (Å²) in [6, 6.07) is 40.5. The Labute approximate surface area is 229 Å². The Morgan fingerprint density at radius 2 is 0.949 bits per heavy atom. The molecule has 1 heterocycles. The molecule has 1 aromatic heterocycles. The standard InChI is InChI=1S/C34H32N4O/c35-33(37-21-19-25-9-3-1-4-10-25)29-15-7-13-27(23-29)31-17-18-32(39-31)28-14-8-16-30(24-28)34(36)38-22-20-26-11-5-2-6-12-26/h1-18,23-24H,19-22H2,(H2,35,37)(H2,36,38). The summed E-state index contributed by atoms with van der Waals surface area (Å²) in [5.74, 6) is 2.57. The molecule has 4 N–H and O–H groups in total. The zero-order chi connectivity index (χ0) is 26.9. The molecule has 0 atom stereocenters. The molecule has 0 bridgehead atoms. The molecule has 4 aromatic carbocycles. The van der Waals surface area contributed by atoms with Crippen molar-refractivity contribution < 1.29 is 4.42 Å². The Morgan fingerprint density at radius 1 is 0.513 bits per heavy atom. The molecule has 5 heteroatoms. The van der Waals surface area contributed by atoms with Crippen LogP contribution >= 0.6 is 0 Å². The first-order chi connectivity index (χ1) is 19.2. The summed E-state index contributed by atoms with van der Waals surface area (Å²) in [4.78, 5) is 9.17. The maximum Gasteiger partial charge on any atom is 0.134 e. The highest BCUT2D eigenvalue weighted by Crippen LogP contribution is 2.29. The number of nitrogens with two attached hydrogens (primary N) is 2. The second-order valence-electron chi connectivity index (χ2n) is 9.33. The van der Waals surface area contributed by atoms with E-state index in [2.05, 4.69) is 34.3 Å². The number of hydrogen-bond acceptors (Lipinski definition) is 3. The molecule has 0 saturated carbocycles. The molecule has 5 nitrogen and oxygen atoms in total. The van der Waals surface area contributed by atoms with E-state index in [1.165, 1.54) is 11.1 Å². The highest BCUT2D eigenvalue weighted by molar-refractivity contribution is 5.99. The van der Waals surface area contributed by atoms with Gasteiger partial charge >= 0.3 is 0 Å². The van der Waals surface area contributed by atoms with Crippen molar-refractivity contribution >= 4 is 11.7 Å². The van der Waals surface area contributed by atoms with Crippen molar-refractivity contribution in [1.82, 2.24) is 0 Å². The van der Waals surface area contributed by atoms with E-state index in [-0.39, 0.29) is 0 Å². The molecule has 0 radical (unpaired) electrons. The minimum atomic E-state index is 0.522. The largest absolute Gasteiger partial charge is 0.456 e. The van der Waals surface area contributed by atoms with Gasteiger partial charge in [-0.3, -0.25) is 9.98 Å². The van der Waals surface area contributed by atoms with E-state index in [0.717, 1.165) is 46.6 Å². The Bertz CT molecular complexity index is 1450. The van der Waals surface area contributed by atoms with Crippen molar-refractivity contribution in [2.75, 3.05) is 13.1 Å². The first-order valence-corrected chi connectivity index (χ1v) is 13.1. The number of furan rings is 1. The van der Waals surface area contributed by atoms with E-state index in [1.807, 2.05) is 97.1 Å². The topological polar surface area (TPSA) is 89.9 Å². The number of rotatable bonds is 10. The molecular formula is C34H32N4O. The Morgan fingerprint density at radius 3 is 1.38 bits per heavy atom. The van der Waals surface area contributed by atoms with E-state index < -0.39 is 0 Å². The van der Waals surface area contributed by atoms with Crippen LogP contribution < -0.4 is 11.5 Å². The summed E-state index contributed by atoms with van der Waals surface area (Å²) in [5, 5.41) is 0. The Balaban J connectivity index is 1.26. The van der Waals surface area contributed by atoms with Gasteiger partial charge in [0, 0.05) is 35.3 Å². The van der Waals surface area contributed by atoms with Crippen molar-refractivity contribution in [3.8, 4) is 22.6 Å². The average molecular weight is 513 g/mol. The summed E-state index contributed by atoms with van der Waals surface area (Å²) in [5.41, 5.74) is 18.7. The third-order valence-corrected chi connectivity index (χ3v) is 6.54. The lowest BCUT2D eigenvalue weighted by Crippen LogP contribution is -2.14. The first-order valence-electron chi connectivity index (χ1n) is 13.1. The molecule has 0 fully saturated rings. The number of aliphatic imine (C=N–C) groups is 2. The van der Waals surface area contributed by atoms with Gasteiger partial charge in [-0.2, -0.15) is 0 Å². The highest BCUT2D eigenvalue weighted by Gasteiger charge is 2.10. The fourth-order valence-corrected chi connectivity index (χ4v) is 4.39. The molecule has 39 heavy (non-hydrogen) atoms. The van der Waals surface area contributed by atoms with E-state index in [4.69, 9.17) is 15.9 Å². The fourth-order valence-electron chi connectivity index (χ4n) is 4.39. The van der Waals surface area contributed by atoms with Crippen LogP contribution in [0.3, 0.4) is 0 Å². The summed E-state index contributed by atoms with van der Waals surface area (Å²) in [6.45, 7) is 1.28. The van der Waals surface area contributed by atoms with Crippen molar-refractivity contribution in [1.29, 1.82) is 0 Å². The zero-order valence-electron chi connectivity index (χ0n) is 21.8. The Hall–Kier alpha value is -4.90. The van der Waals surface area contributed by atoms with Crippen LogP contribution in [0.4, 0.5) is 0 Å². The van der Waals surface area contributed by atoms with Gasteiger partial charge in [0.1, 0.15) is 23.2 Å². The van der Waals surface area contributed by atoms with Crippen molar-refractivity contribution in [2.24, 2.45) is 21.5 Å². The van der Waals surface area contributed by atoms with Crippen LogP contribution in [-0.2, 0) is 12.8 Å². The van der Waals surface area contributed by atoms with Crippen molar-refractivity contribution in [3.05, 3.63) is 144 Å². The van der Waals surface area contributed by atoms with Gasteiger partial charge < -0.3 is 15.9 Å². The summed E-state index contributed by atoms with van der Waals surface area (Å²) < 4.78 is 6.24. The van der Waals surface area contributed by atoms with Crippen molar-refractivity contribution in [2.45, 2.75) is 12.8 Å². The van der Waals surface area contributed by atoms with Gasteiger partial charge in [-0.25, -0.2) is 0 Å². The summed E-state index contributed by atoms with van der Waals surface area (Å²) >= 11 is 0. The average Bonchev–Trinajstić information content (AvgIpc) is 3.49. The summed E-state index contributed by atoms with van der Waals surface area (Å²) in [6.07, 6.45) is 1.70. The molecule has 0 unspecified atom stereocenters. The van der Waals surface area contributed by atoms with Gasteiger partial charge in [0.2, 0.25) is 0 Å². The van der Waals surface area contributed by atoms with Gasteiger partial charge in [0.15, 0.2) is 0 Å². The van der Waals surface area contributed by atoms with Crippen LogP contribution in [-0.4, -0.2) is 24.8 Å². The molecule has 5 rings (SSSR count). The van der Waals surface area contributed by atoms with Crippen LogP contribution in [0.5, 0.6) is 0 Å². The SMILES string of the molecule is NC(=NCCc1ccccc1)c1cccc(-c2ccc(-c3cccc(C(N)=NCCc4ccccc4)c3)o2)c1. The number of hydrogen-bond donors (Lipinski definition) is 2. The predicted molar refractivity (Wildman–Crippen MR) is 161 cm³/mol. The second kappa shape index (κ2) is 12.6. The quantitative estimate of drug-likeness (QED) is 0.165. The normalized spacial score (nSPS) is 12.0. The molecule has 5 aromatic rings. The number of amidine groups is 2. The Kier molecular flexibility index (Phi) is 8.29. The lowest BCUT2D eigenvalue weighted by atomic mass is 10.1. The molecule has 194 valence electrons. The van der Waals surface area contributed by atoms with Gasteiger partial charge in [-0.05, 0) is 48.2 Å². The molecule has 0 amide bonds. The highest BCUT2D eigenvalue weighted by atomic mass is 16.3. The molecule has 0 aliphatic rings. The molecule has 0 saturated heterocycles. The lowest BCUT2D eigenvalue weighted by Gasteiger charge is -2.05. The van der Waals surface area contributed by atoms with E-state index in [0.29, 0.717) is 24.8 Å². The molecule has 0 aliphatic carbocycles. The van der Waals surface area contributed by atoms with Crippen LogP contribution in [0, 0.1) is 0 Å². The fraction of sp³-hybridized carbons (Fsp3) is 0.118. The summed E-state index contributed by atoms with van der Waals surface area (Å²) in [7, 11) is 0. The van der Waals surface area contributed by atoms with E-state index in [9.17, 15) is 0 Å². The van der Waals surface area contributed by atoms with Crippen molar-refractivity contribution in [3.63, 3.8) is 0 Å². The van der Waals surface area contributed by atoms with Crippen LogP contribution in [0.1, 0.15) is 22.3 Å². The smallest absolute Gasteiger partial charge is 0.134 e. The van der Waals surface area contributed by atoms with Gasteiger partial charge in [0.25, 0.3) is 0 Å². The van der Waals surface area contributed by atoms with Gasteiger partial charge in [0.05, 0.1) is 0 Å². The maximum atomic E-state index is 6.31. The van der Waals surface area contributed by atoms with Gasteiger partial charge in [-0.1, -0.05) is 97.1 Å². The monoisotopic (exact) mass is 512 g/mol. The molecular weight excluding hydrogens is 480 g/mol. The third kappa shape index (κ3) is 6.90. The zero-order valence-corrected chi connectivity index (χ0v) is 21.8. The maximum absolute atomic E-state index is 6.31. The minimum absolute atomic E-state index is 0.522. The minimum Gasteiger partial charge on any atom is -0.456 e.